The van der Waals surface area contributed by atoms with Crippen LogP contribution in [0.3, 0.4) is 0 Å². The fraction of sp³-hybridized carbons (Fsp3) is 0.583. The highest BCUT2D eigenvalue weighted by molar-refractivity contribution is 5.83. The minimum Gasteiger partial charge on any atom is -0.394 e. The molecule has 2 aromatic heterocycles. The minimum absolute atomic E-state index is 0.373. The second-order valence-electron chi connectivity index (χ2n) is 5.35. The molecule has 0 bridgehead atoms. The highest BCUT2D eigenvalue weighted by Gasteiger charge is 2.44. The van der Waals surface area contributed by atoms with Gasteiger partial charge in [-0.15, -0.1) is 0 Å². The molecule has 0 radical (unpaired) electrons. The van der Waals surface area contributed by atoms with Gasteiger partial charge in [0.2, 0.25) is 0 Å². The molecule has 1 aliphatic rings. The SMILES string of the molecule is CN(C)c1ncnc2c1ncn2[C@@H]1O[C@H](CO)[C@@H](N=[N+]=[N-])[C@@H]1O. The van der Waals surface area contributed by atoms with E-state index in [-0.39, 0.29) is 6.61 Å². The van der Waals surface area contributed by atoms with Crippen LogP contribution in [0.25, 0.3) is 21.6 Å². The first kappa shape index (κ1) is 15.4. The number of rotatable bonds is 4. The van der Waals surface area contributed by atoms with Crippen LogP contribution in [0, 0.1) is 0 Å². The van der Waals surface area contributed by atoms with Crippen LogP contribution in [-0.2, 0) is 4.74 Å². The molecule has 0 unspecified atom stereocenters. The van der Waals surface area contributed by atoms with Crippen LogP contribution in [0.1, 0.15) is 6.23 Å². The summed E-state index contributed by atoms with van der Waals surface area (Å²) in [5, 5.41) is 23.3. The molecule has 11 nitrogen and oxygen atoms in total. The fourth-order valence-corrected chi connectivity index (χ4v) is 2.67. The topological polar surface area (TPSA) is 145 Å². The van der Waals surface area contributed by atoms with Crippen molar-refractivity contribution in [1.29, 1.82) is 0 Å². The summed E-state index contributed by atoms with van der Waals surface area (Å²) < 4.78 is 7.17. The van der Waals surface area contributed by atoms with Crippen LogP contribution in [-0.4, -0.2) is 68.7 Å². The van der Waals surface area contributed by atoms with Gasteiger partial charge >= 0.3 is 0 Å². The van der Waals surface area contributed by atoms with E-state index in [0.29, 0.717) is 17.0 Å². The van der Waals surface area contributed by atoms with Gasteiger partial charge in [0.15, 0.2) is 23.2 Å². The molecule has 0 aromatic carbocycles. The number of hydrogen-bond donors (Lipinski definition) is 2. The lowest BCUT2D eigenvalue weighted by atomic mass is 10.1. The van der Waals surface area contributed by atoms with Crippen molar-refractivity contribution in [2.45, 2.75) is 24.5 Å². The molecule has 23 heavy (non-hydrogen) atoms. The summed E-state index contributed by atoms with van der Waals surface area (Å²) in [6.07, 6.45) is 0.0907. The third-order valence-corrected chi connectivity index (χ3v) is 3.74. The zero-order valence-electron chi connectivity index (χ0n) is 12.6. The number of azide groups is 1. The largest absolute Gasteiger partial charge is 0.394 e. The van der Waals surface area contributed by atoms with Gasteiger partial charge in [-0.25, -0.2) is 15.0 Å². The van der Waals surface area contributed by atoms with Gasteiger partial charge in [0, 0.05) is 19.0 Å². The molecule has 1 aliphatic heterocycles. The lowest BCUT2D eigenvalue weighted by Gasteiger charge is -2.17. The van der Waals surface area contributed by atoms with E-state index in [1.165, 1.54) is 12.7 Å². The smallest absolute Gasteiger partial charge is 0.167 e. The van der Waals surface area contributed by atoms with Crippen LogP contribution in [0.5, 0.6) is 0 Å². The summed E-state index contributed by atoms with van der Waals surface area (Å²) in [5.74, 6) is 0.631. The maximum absolute atomic E-state index is 10.4. The van der Waals surface area contributed by atoms with E-state index in [4.69, 9.17) is 10.3 Å². The average molecular weight is 320 g/mol. The number of fused-ring (bicyclic) bond motifs is 1. The zero-order valence-corrected chi connectivity index (χ0v) is 12.6. The maximum atomic E-state index is 10.4. The molecule has 122 valence electrons. The Morgan fingerprint density at radius 3 is 2.87 bits per heavy atom. The molecular formula is C12H16N8O3. The summed E-state index contributed by atoms with van der Waals surface area (Å²) in [7, 11) is 3.67. The molecule has 0 amide bonds. The molecule has 2 N–H and O–H groups in total. The Bertz CT molecular complexity index is 756. The highest BCUT2D eigenvalue weighted by atomic mass is 16.5. The quantitative estimate of drug-likeness (QED) is 0.451. The van der Waals surface area contributed by atoms with Crippen molar-refractivity contribution < 1.29 is 14.9 Å². The molecule has 0 saturated carbocycles. The predicted octanol–water partition coefficient (Wildman–Crippen LogP) is -0.178. The zero-order chi connectivity index (χ0) is 16.6. The number of nitrogens with zero attached hydrogens (tertiary/aromatic N) is 8. The summed E-state index contributed by atoms with van der Waals surface area (Å²) in [6, 6.07) is -0.886. The Kier molecular flexibility index (Phi) is 4.01. The van der Waals surface area contributed by atoms with Gasteiger partial charge in [0.05, 0.1) is 25.1 Å². The number of aliphatic hydroxyl groups excluding tert-OH is 2. The molecule has 2 aromatic rings. The standard InChI is InChI=1S/C12H16N8O3/c1-19(2)10-8-11(15-4-14-10)20(5-16-8)12-9(22)7(17-18-13)6(3-21)23-12/h4-7,9,12,21-22H,3H2,1-2H3/t6-,7-,9+,12-/m1/s1. The van der Waals surface area contributed by atoms with Crippen molar-refractivity contribution in [3.05, 3.63) is 23.1 Å². The van der Waals surface area contributed by atoms with E-state index >= 15 is 0 Å². The second kappa shape index (κ2) is 5.97. The maximum Gasteiger partial charge on any atom is 0.167 e. The number of hydrogen-bond acceptors (Lipinski definition) is 8. The number of imidazole rings is 1. The van der Waals surface area contributed by atoms with Crippen molar-refractivity contribution in [2.75, 3.05) is 25.6 Å². The van der Waals surface area contributed by atoms with Crippen LogP contribution in [0.4, 0.5) is 5.82 Å². The van der Waals surface area contributed by atoms with Gasteiger partial charge in [-0.1, -0.05) is 5.11 Å². The van der Waals surface area contributed by atoms with Gasteiger partial charge in [0.25, 0.3) is 0 Å². The first-order valence-electron chi connectivity index (χ1n) is 6.92. The van der Waals surface area contributed by atoms with Crippen LogP contribution in [0.15, 0.2) is 17.8 Å². The lowest BCUT2D eigenvalue weighted by Crippen LogP contribution is -2.31. The number of aromatic nitrogens is 4. The van der Waals surface area contributed by atoms with Crippen LogP contribution in [0.2, 0.25) is 0 Å². The van der Waals surface area contributed by atoms with Crippen molar-refractivity contribution in [1.82, 2.24) is 19.5 Å². The van der Waals surface area contributed by atoms with E-state index < -0.39 is 24.5 Å². The third-order valence-electron chi connectivity index (χ3n) is 3.74. The monoisotopic (exact) mass is 320 g/mol. The Labute approximate surface area is 130 Å². The van der Waals surface area contributed by atoms with Crippen molar-refractivity contribution in [2.24, 2.45) is 5.11 Å². The van der Waals surface area contributed by atoms with Crippen molar-refractivity contribution >= 4 is 17.0 Å². The van der Waals surface area contributed by atoms with E-state index in [1.54, 1.807) is 9.47 Å². The molecule has 0 aliphatic carbocycles. The normalized spacial score (nSPS) is 27.1. The Balaban J connectivity index is 2.04. The molecule has 11 heteroatoms. The van der Waals surface area contributed by atoms with Crippen molar-refractivity contribution in [3.8, 4) is 0 Å². The molecule has 1 fully saturated rings. The average Bonchev–Trinajstić information content (AvgIpc) is 3.09. The first-order valence-corrected chi connectivity index (χ1v) is 6.92. The molecule has 3 rings (SSSR count). The fourth-order valence-electron chi connectivity index (χ4n) is 2.67. The molecule has 0 spiro atoms. The summed E-state index contributed by atoms with van der Waals surface area (Å²) in [6.45, 7) is -0.373. The minimum atomic E-state index is -1.13. The number of ether oxygens (including phenoxy) is 1. The highest BCUT2D eigenvalue weighted by Crippen LogP contribution is 2.33. The van der Waals surface area contributed by atoms with Gasteiger partial charge in [-0.05, 0) is 5.53 Å². The third kappa shape index (κ3) is 2.45. The second-order valence-corrected chi connectivity index (χ2v) is 5.35. The Morgan fingerprint density at radius 1 is 1.43 bits per heavy atom. The predicted molar refractivity (Wildman–Crippen MR) is 79.6 cm³/mol. The van der Waals surface area contributed by atoms with E-state index in [2.05, 4.69) is 25.0 Å². The first-order chi connectivity index (χ1) is 11.1. The van der Waals surface area contributed by atoms with Gasteiger partial charge in [-0.2, -0.15) is 0 Å². The van der Waals surface area contributed by atoms with E-state index in [0.717, 1.165) is 0 Å². The van der Waals surface area contributed by atoms with E-state index in [1.807, 2.05) is 14.1 Å². The Morgan fingerprint density at radius 2 is 2.22 bits per heavy atom. The number of aliphatic hydroxyl groups is 2. The van der Waals surface area contributed by atoms with Crippen LogP contribution < -0.4 is 4.90 Å². The molecular weight excluding hydrogens is 304 g/mol. The summed E-state index contributed by atoms with van der Waals surface area (Å²) in [5.41, 5.74) is 9.64. The number of anilines is 1. The summed E-state index contributed by atoms with van der Waals surface area (Å²) >= 11 is 0. The molecule has 1 saturated heterocycles. The van der Waals surface area contributed by atoms with E-state index in [9.17, 15) is 10.2 Å². The van der Waals surface area contributed by atoms with Crippen LogP contribution >= 0.6 is 0 Å². The van der Waals surface area contributed by atoms with Gasteiger partial charge < -0.3 is 19.8 Å². The molecule has 4 atom stereocenters. The van der Waals surface area contributed by atoms with Gasteiger partial charge in [-0.3, -0.25) is 4.57 Å². The summed E-state index contributed by atoms with van der Waals surface area (Å²) in [4.78, 5) is 17.1. The molecule has 3 heterocycles. The lowest BCUT2D eigenvalue weighted by molar-refractivity contribution is -0.0488. The van der Waals surface area contributed by atoms with Gasteiger partial charge in [0.1, 0.15) is 12.4 Å². The van der Waals surface area contributed by atoms with Crippen molar-refractivity contribution in [3.63, 3.8) is 0 Å². The Hall–Kier alpha value is -2.46.